The van der Waals surface area contributed by atoms with E-state index in [4.69, 9.17) is 0 Å². The van der Waals surface area contributed by atoms with Gasteiger partial charge in [-0.15, -0.1) is 0 Å². The van der Waals surface area contributed by atoms with Gasteiger partial charge in [-0.3, -0.25) is 0 Å². The van der Waals surface area contributed by atoms with Crippen molar-refractivity contribution in [2.75, 3.05) is 27.2 Å². The van der Waals surface area contributed by atoms with Gasteiger partial charge in [-0.25, -0.2) is 4.39 Å². The van der Waals surface area contributed by atoms with Crippen molar-refractivity contribution in [3.8, 4) is 0 Å². The number of halogens is 1. The van der Waals surface area contributed by atoms with Crippen molar-refractivity contribution < 1.29 is 9.50 Å². The summed E-state index contributed by atoms with van der Waals surface area (Å²) >= 11 is 0. The van der Waals surface area contributed by atoms with Crippen molar-refractivity contribution in [1.82, 2.24) is 10.2 Å². The smallest absolute Gasteiger partial charge is 0.123 e. The van der Waals surface area contributed by atoms with Crippen LogP contribution in [0.5, 0.6) is 0 Å². The summed E-state index contributed by atoms with van der Waals surface area (Å²) in [6.07, 6.45) is 2.40. The molecule has 1 saturated heterocycles. The number of aliphatic hydroxyl groups is 1. The molecule has 2 N–H and O–H groups in total. The van der Waals surface area contributed by atoms with E-state index in [-0.39, 0.29) is 18.3 Å². The van der Waals surface area contributed by atoms with Crippen LogP contribution in [-0.4, -0.2) is 43.3 Å². The van der Waals surface area contributed by atoms with Crippen LogP contribution in [0.3, 0.4) is 0 Å². The number of rotatable bonds is 4. The molecule has 26 heavy (non-hydrogen) atoms. The quantitative estimate of drug-likeness (QED) is 0.886. The first-order valence-electron chi connectivity index (χ1n) is 9.43. The first kappa shape index (κ1) is 17.7. The van der Waals surface area contributed by atoms with E-state index in [0.29, 0.717) is 12.5 Å². The Hall–Kier alpha value is -1.75. The highest BCUT2D eigenvalue weighted by Gasteiger charge is 2.50. The normalized spacial score (nSPS) is 27.0. The first-order valence-corrected chi connectivity index (χ1v) is 9.43. The average Bonchev–Trinajstić information content (AvgIpc) is 2.90. The lowest BCUT2D eigenvalue weighted by Crippen LogP contribution is -2.46. The lowest BCUT2D eigenvalue weighted by molar-refractivity contribution is 0.204. The van der Waals surface area contributed by atoms with Crippen molar-refractivity contribution in [2.24, 2.45) is 0 Å². The van der Waals surface area contributed by atoms with E-state index in [2.05, 4.69) is 48.6 Å². The topological polar surface area (TPSA) is 35.5 Å². The molecule has 1 aliphatic heterocycles. The first-order chi connectivity index (χ1) is 12.5. The van der Waals surface area contributed by atoms with Gasteiger partial charge >= 0.3 is 0 Å². The van der Waals surface area contributed by atoms with E-state index in [1.807, 2.05) is 6.07 Å². The SMILES string of the molecule is CN(C)C[C@H]1C[C@@H]2c3ccccc3Cc3ccc(F)cc3[C@@]2(CCO)N1. The van der Waals surface area contributed by atoms with Gasteiger partial charge in [0.2, 0.25) is 0 Å². The van der Waals surface area contributed by atoms with Crippen molar-refractivity contribution >= 4 is 0 Å². The predicted molar refractivity (Wildman–Crippen MR) is 102 cm³/mol. The van der Waals surface area contributed by atoms with E-state index in [9.17, 15) is 9.50 Å². The summed E-state index contributed by atoms with van der Waals surface area (Å²) in [5.74, 6) is 0.0301. The number of hydrogen-bond donors (Lipinski definition) is 2. The van der Waals surface area contributed by atoms with Crippen LogP contribution in [0.25, 0.3) is 0 Å². The van der Waals surface area contributed by atoms with E-state index in [0.717, 1.165) is 30.5 Å². The highest BCUT2D eigenvalue weighted by molar-refractivity contribution is 5.49. The molecule has 2 aliphatic rings. The maximum absolute atomic E-state index is 14.2. The van der Waals surface area contributed by atoms with Crippen LogP contribution in [0, 0.1) is 5.82 Å². The van der Waals surface area contributed by atoms with Gasteiger partial charge in [-0.05, 0) is 67.7 Å². The molecule has 1 aliphatic carbocycles. The summed E-state index contributed by atoms with van der Waals surface area (Å²) in [6.45, 7) is 1.01. The minimum absolute atomic E-state index is 0.0797. The number of fused-ring (bicyclic) bond motifs is 5. The Kier molecular flexibility index (Phi) is 4.59. The minimum Gasteiger partial charge on any atom is -0.396 e. The highest BCUT2D eigenvalue weighted by Crippen LogP contribution is 2.51. The molecule has 0 amide bonds. The Bertz CT molecular complexity index is 806. The van der Waals surface area contributed by atoms with Crippen LogP contribution in [0.2, 0.25) is 0 Å². The summed E-state index contributed by atoms with van der Waals surface area (Å²) in [7, 11) is 4.16. The molecule has 1 fully saturated rings. The van der Waals surface area contributed by atoms with Gasteiger partial charge in [0.1, 0.15) is 5.82 Å². The van der Waals surface area contributed by atoms with Crippen LogP contribution in [-0.2, 0) is 12.0 Å². The van der Waals surface area contributed by atoms with Gasteiger partial charge in [0.25, 0.3) is 0 Å². The van der Waals surface area contributed by atoms with Crippen molar-refractivity contribution in [3.05, 3.63) is 70.5 Å². The molecule has 3 nitrogen and oxygen atoms in total. The van der Waals surface area contributed by atoms with Crippen molar-refractivity contribution in [1.29, 1.82) is 0 Å². The Balaban J connectivity index is 1.92. The molecular weight excluding hydrogens is 327 g/mol. The second-order valence-electron chi connectivity index (χ2n) is 8.01. The molecule has 1 heterocycles. The highest BCUT2D eigenvalue weighted by atomic mass is 19.1. The summed E-state index contributed by atoms with van der Waals surface area (Å²) in [5, 5.41) is 13.8. The number of nitrogens with zero attached hydrogens (tertiary/aromatic N) is 1. The van der Waals surface area contributed by atoms with Crippen LogP contribution in [0.1, 0.15) is 41.0 Å². The maximum atomic E-state index is 14.2. The van der Waals surface area contributed by atoms with Gasteiger partial charge in [0.15, 0.2) is 0 Å². The number of hydrogen-bond acceptors (Lipinski definition) is 3. The summed E-state index contributed by atoms with van der Waals surface area (Å²) in [5.41, 5.74) is 4.42. The number of aliphatic hydroxyl groups excluding tert-OH is 1. The monoisotopic (exact) mass is 354 g/mol. The van der Waals surface area contributed by atoms with Gasteiger partial charge in [0.05, 0.1) is 5.54 Å². The number of likely N-dealkylation sites (N-methyl/N-ethyl adjacent to an activating group) is 1. The fourth-order valence-electron chi connectivity index (χ4n) is 5.14. The van der Waals surface area contributed by atoms with E-state index < -0.39 is 5.54 Å². The van der Waals surface area contributed by atoms with Crippen molar-refractivity contribution in [3.63, 3.8) is 0 Å². The van der Waals surface area contributed by atoms with Crippen LogP contribution in [0.15, 0.2) is 42.5 Å². The van der Waals surface area contributed by atoms with Crippen LogP contribution in [0.4, 0.5) is 4.39 Å². The Labute approximate surface area is 154 Å². The van der Waals surface area contributed by atoms with Gasteiger partial charge < -0.3 is 15.3 Å². The van der Waals surface area contributed by atoms with Crippen LogP contribution >= 0.6 is 0 Å². The maximum Gasteiger partial charge on any atom is 0.123 e. The molecule has 138 valence electrons. The zero-order valence-electron chi connectivity index (χ0n) is 15.5. The molecule has 2 aromatic rings. The third kappa shape index (κ3) is 2.86. The fraction of sp³-hybridized carbons (Fsp3) is 0.455. The van der Waals surface area contributed by atoms with E-state index >= 15 is 0 Å². The molecule has 4 rings (SSSR count). The largest absolute Gasteiger partial charge is 0.396 e. The molecule has 3 atom stereocenters. The van der Waals surface area contributed by atoms with Gasteiger partial charge in [-0.1, -0.05) is 30.3 Å². The second-order valence-corrected chi connectivity index (χ2v) is 8.01. The number of benzene rings is 2. The lowest BCUT2D eigenvalue weighted by Gasteiger charge is -2.37. The summed E-state index contributed by atoms with van der Waals surface area (Å²) < 4.78 is 14.2. The Morgan fingerprint density at radius 3 is 2.77 bits per heavy atom. The van der Waals surface area contributed by atoms with E-state index in [1.54, 1.807) is 12.1 Å². The molecular formula is C22H27FN2O. The van der Waals surface area contributed by atoms with Crippen molar-refractivity contribution in [2.45, 2.75) is 36.8 Å². The summed E-state index contributed by atoms with van der Waals surface area (Å²) in [4.78, 5) is 2.19. The van der Waals surface area contributed by atoms with E-state index in [1.165, 1.54) is 11.1 Å². The average molecular weight is 354 g/mol. The molecule has 2 aromatic carbocycles. The molecule has 0 aromatic heterocycles. The fourth-order valence-corrected chi connectivity index (χ4v) is 5.14. The standard InChI is InChI=1S/C22H27FN2O/c1-25(2)14-18-13-21-19-6-4-3-5-15(19)11-16-7-8-17(23)12-20(16)22(21,24-18)9-10-26/h3-8,12,18,21,24,26H,9-11,13-14H2,1-2H3/t18-,21-,22-/m1/s1. The zero-order valence-corrected chi connectivity index (χ0v) is 15.5. The minimum atomic E-state index is -0.417. The molecule has 0 saturated carbocycles. The third-order valence-corrected chi connectivity index (χ3v) is 6.03. The van der Waals surface area contributed by atoms with Gasteiger partial charge in [0, 0.05) is 25.1 Å². The van der Waals surface area contributed by atoms with Gasteiger partial charge in [-0.2, -0.15) is 0 Å². The molecule has 0 radical (unpaired) electrons. The Morgan fingerprint density at radius 2 is 2.00 bits per heavy atom. The third-order valence-electron chi connectivity index (χ3n) is 6.03. The predicted octanol–water partition coefficient (Wildman–Crippen LogP) is 3.01. The molecule has 0 unspecified atom stereocenters. The van der Waals surface area contributed by atoms with Crippen LogP contribution < -0.4 is 5.32 Å². The molecule has 0 bridgehead atoms. The zero-order chi connectivity index (χ0) is 18.3. The Morgan fingerprint density at radius 1 is 1.19 bits per heavy atom. The molecule has 0 spiro atoms. The number of nitrogens with one attached hydrogen (secondary N) is 1. The lowest BCUT2D eigenvalue weighted by atomic mass is 9.73. The second kappa shape index (κ2) is 6.76. The summed E-state index contributed by atoms with van der Waals surface area (Å²) in [6, 6.07) is 14.1. The molecule has 4 heteroatoms.